The molecule has 4 nitrogen and oxygen atoms in total. The molecular weight excluding hydrogens is 204 g/mol. The van der Waals surface area contributed by atoms with Crippen LogP contribution in [-0.2, 0) is 4.79 Å². The molecular formula is C12H14N2O2. The predicted octanol–water partition coefficient (Wildman–Crippen LogP) is 2.22. The third kappa shape index (κ3) is 3.62. The standard InChI is InChI=1S/C12H14N2O2/c1-2-10(7-12(15)16)14-11-5-3-9(8-13)4-6-11/h3-6,10,14H,2,7H2,1H3,(H,15,16). The Hall–Kier alpha value is -2.02. The Labute approximate surface area is 94.5 Å². The van der Waals surface area contributed by atoms with Gasteiger partial charge < -0.3 is 10.4 Å². The number of nitriles is 1. The molecule has 1 rings (SSSR count). The van der Waals surface area contributed by atoms with Crippen molar-refractivity contribution in [3.05, 3.63) is 29.8 Å². The van der Waals surface area contributed by atoms with Crippen molar-refractivity contribution in [2.24, 2.45) is 0 Å². The Morgan fingerprint density at radius 1 is 1.50 bits per heavy atom. The Morgan fingerprint density at radius 3 is 2.56 bits per heavy atom. The third-order valence-electron chi connectivity index (χ3n) is 2.30. The number of rotatable bonds is 5. The van der Waals surface area contributed by atoms with Gasteiger partial charge in [-0.2, -0.15) is 5.26 Å². The van der Waals surface area contributed by atoms with E-state index in [9.17, 15) is 4.79 Å². The number of benzene rings is 1. The summed E-state index contributed by atoms with van der Waals surface area (Å²) in [5.41, 5.74) is 1.43. The van der Waals surface area contributed by atoms with Gasteiger partial charge in [0.15, 0.2) is 0 Å². The van der Waals surface area contributed by atoms with Gasteiger partial charge in [-0.25, -0.2) is 0 Å². The number of carboxylic acids is 1. The fourth-order valence-corrected chi connectivity index (χ4v) is 1.38. The fraction of sp³-hybridized carbons (Fsp3) is 0.333. The van der Waals surface area contributed by atoms with Crippen LogP contribution in [-0.4, -0.2) is 17.1 Å². The minimum atomic E-state index is -0.812. The summed E-state index contributed by atoms with van der Waals surface area (Å²) < 4.78 is 0. The second-order valence-electron chi connectivity index (χ2n) is 3.54. The molecule has 1 atom stereocenters. The van der Waals surface area contributed by atoms with Crippen LogP contribution in [0.25, 0.3) is 0 Å². The van der Waals surface area contributed by atoms with Crippen molar-refractivity contribution in [2.75, 3.05) is 5.32 Å². The van der Waals surface area contributed by atoms with E-state index in [4.69, 9.17) is 10.4 Å². The molecule has 0 aliphatic heterocycles. The highest BCUT2D eigenvalue weighted by Crippen LogP contribution is 2.12. The van der Waals surface area contributed by atoms with Crippen molar-refractivity contribution in [3.63, 3.8) is 0 Å². The first-order valence-corrected chi connectivity index (χ1v) is 5.14. The summed E-state index contributed by atoms with van der Waals surface area (Å²) in [6, 6.07) is 8.92. The molecule has 0 amide bonds. The molecule has 0 fully saturated rings. The molecule has 0 aliphatic rings. The van der Waals surface area contributed by atoms with E-state index in [2.05, 4.69) is 5.32 Å². The number of hydrogen-bond acceptors (Lipinski definition) is 3. The molecule has 0 aromatic heterocycles. The Balaban J connectivity index is 2.63. The molecule has 2 N–H and O–H groups in total. The third-order valence-corrected chi connectivity index (χ3v) is 2.30. The van der Waals surface area contributed by atoms with Crippen LogP contribution < -0.4 is 5.32 Å². The molecule has 0 spiro atoms. The minimum absolute atomic E-state index is 0.0783. The maximum absolute atomic E-state index is 10.6. The summed E-state index contributed by atoms with van der Waals surface area (Å²) in [6.45, 7) is 1.93. The Bertz CT molecular complexity index is 392. The number of nitrogens with zero attached hydrogens (tertiary/aromatic N) is 1. The highest BCUT2D eigenvalue weighted by Gasteiger charge is 2.10. The second kappa shape index (κ2) is 5.76. The summed E-state index contributed by atoms with van der Waals surface area (Å²) in [5.74, 6) is -0.812. The van der Waals surface area contributed by atoms with Crippen molar-refractivity contribution >= 4 is 11.7 Å². The van der Waals surface area contributed by atoms with Gasteiger partial charge in [-0.1, -0.05) is 6.92 Å². The van der Waals surface area contributed by atoms with Crippen LogP contribution in [0.1, 0.15) is 25.3 Å². The number of anilines is 1. The van der Waals surface area contributed by atoms with Crippen molar-refractivity contribution < 1.29 is 9.90 Å². The SMILES string of the molecule is CCC(CC(=O)O)Nc1ccc(C#N)cc1. The van der Waals surface area contributed by atoms with Gasteiger partial charge in [0.2, 0.25) is 0 Å². The lowest BCUT2D eigenvalue weighted by molar-refractivity contribution is -0.137. The summed E-state index contributed by atoms with van der Waals surface area (Å²) in [7, 11) is 0. The zero-order valence-corrected chi connectivity index (χ0v) is 9.10. The van der Waals surface area contributed by atoms with Gasteiger partial charge in [-0.3, -0.25) is 4.79 Å². The predicted molar refractivity (Wildman–Crippen MR) is 61.1 cm³/mol. The van der Waals surface area contributed by atoms with E-state index >= 15 is 0 Å². The number of aliphatic carboxylic acids is 1. The average Bonchev–Trinajstić information content (AvgIpc) is 2.28. The number of carboxylic acid groups (broad SMARTS) is 1. The molecule has 1 aromatic carbocycles. The van der Waals surface area contributed by atoms with E-state index in [1.165, 1.54) is 0 Å². The molecule has 0 bridgehead atoms. The molecule has 1 unspecified atom stereocenters. The van der Waals surface area contributed by atoms with Gasteiger partial charge in [-0.05, 0) is 30.7 Å². The van der Waals surface area contributed by atoms with Crippen molar-refractivity contribution in [3.8, 4) is 6.07 Å². The van der Waals surface area contributed by atoms with E-state index in [1.807, 2.05) is 13.0 Å². The topological polar surface area (TPSA) is 73.1 Å². The number of carbonyl (C=O) groups is 1. The number of hydrogen-bond donors (Lipinski definition) is 2. The molecule has 0 aliphatic carbocycles. The van der Waals surface area contributed by atoms with E-state index in [0.29, 0.717) is 5.56 Å². The van der Waals surface area contributed by atoms with Crippen molar-refractivity contribution in [1.29, 1.82) is 5.26 Å². The zero-order chi connectivity index (χ0) is 12.0. The van der Waals surface area contributed by atoms with E-state index in [1.54, 1.807) is 24.3 Å². The smallest absolute Gasteiger partial charge is 0.305 e. The molecule has 0 saturated carbocycles. The van der Waals surface area contributed by atoms with Gasteiger partial charge in [0.25, 0.3) is 0 Å². The highest BCUT2D eigenvalue weighted by atomic mass is 16.4. The summed E-state index contributed by atoms with van der Waals surface area (Å²) in [6.07, 6.45) is 0.836. The Kier molecular flexibility index (Phi) is 4.34. The maximum atomic E-state index is 10.6. The minimum Gasteiger partial charge on any atom is -0.481 e. The van der Waals surface area contributed by atoms with Gasteiger partial charge in [0.1, 0.15) is 0 Å². The van der Waals surface area contributed by atoms with Crippen LogP contribution in [0, 0.1) is 11.3 Å². The molecule has 0 radical (unpaired) electrons. The first-order valence-electron chi connectivity index (χ1n) is 5.14. The van der Waals surface area contributed by atoms with Gasteiger partial charge in [0, 0.05) is 11.7 Å². The van der Waals surface area contributed by atoms with E-state index in [0.717, 1.165) is 12.1 Å². The van der Waals surface area contributed by atoms with Crippen molar-refractivity contribution in [2.45, 2.75) is 25.8 Å². The highest BCUT2D eigenvalue weighted by molar-refractivity contribution is 5.68. The monoisotopic (exact) mass is 218 g/mol. The zero-order valence-electron chi connectivity index (χ0n) is 9.10. The fourth-order valence-electron chi connectivity index (χ4n) is 1.38. The largest absolute Gasteiger partial charge is 0.481 e. The maximum Gasteiger partial charge on any atom is 0.305 e. The lowest BCUT2D eigenvalue weighted by atomic mass is 10.1. The van der Waals surface area contributed by atoms with Crippen LogP contribution in [0.2, 0.25) is 0 Å². The molecule has 0 heterocycles. The van der Waals surface area contributed by atoms with Gasteiger partial charge in [-0.15, -0.1) is 0 Å². The van der Waals surface area contributed by atoms with Gasteiger partial charge >= 0.3 is 5.97 Å². The quantitative estimate of drug-likeness (QED) is 0.794. The molecule has 0 saturated heterocycles. The van der Waals surface area contributed by atoms with E-state index in [-0.39, 0.29) is 12.5 Å². The van der Waals surface area contributed by atoms with Crippen LogP contribution in [0.15, 0.2) is 24.3 Å². The first-order chi connectivity index (χ1) is 7.65. The van der Waals surface area contributed by atoms with Crippen LogP contribution in [0.4, 0.5) is 5.69 Å². The first kappa shape index (κ1) is 12.1. The lowest BCUT2D eigenvalue weighted by Gasteiger charge is -2.16. The summed E-state index contributed by atoms with van der Waals surface area (Å²) >= 11 is 0. The van der Waals surface area contributed by atoms with Crippen LogP contribution >= 0.6 is 0 Å². The number of nitrogens with one attached hydrogen (secondary N) is 1. The van der Waals surface area contributed by atoms with Crippen LogP contribution in [0.3, 0.4) is 0 Å². The summed E-state index contributed by atoms with van der Waals surface area (Å²) in [5, 5.41) is 20.4. The average molecular weight is 218 g/mol. The van der Waals surface area contributed by atoms with Crippen LogP contribution in [0.5, 0.6) is 0 Å². The molecule has 4 heteroatoms. The molecule has 16 heavy (non-hydrogen) atoms. The second-order valence-corrected chi connectivity index (χ2v) is 3.54. The molecule has 84 valence electrons. The lowest BCUT2D eigenvalue weighted by Crippen LogP contribution is -2.22. The normalized spacial score (nSPS) is 11.5. The van der Waals surface area contributed by atoms with Crippen molar-refractivity contribution in [1.82, 2.24) is 0 Å². The molecule has 1 aromatic rings. The van der Waals surface area contributed by atoms with E-state index < -0.39 is 5.97 Å². The summed E-state index contributed by atoms with van der Waals surface area (Å²) in [4.78, 5) is 10.6. The van der Waals surface area contributed by atoms with Gasteiger partial charge in [0.05, 0.1) is 18.1 Å². The Morgan fingerprint density at radius 2 is 2.12 bits per heavy atom.